The van der Waals surface area contributed by atoms with E-state index >= 15 is 0 Å². The summed E-state index contributed by atoms with van der Waals surface area (Å²) in [5, 5.41) is 3.31. The lowest BCUT2D eigenvalue weighted by Gasteiger charge is -2.25. The van der Waals surface area contributed by atoms with Crippen LogP contribution in [0.5, 0.6) is 5.75 Å². The number of nitrogens with one attached hydrogen (secondary N) is 1. The number of carbonyl (C=O) groups is 1. The number of ether oxygens (including phenoxy) is 2. The van der Waals surface area contributed by atoms with Crippen molar-refractivity contribution in [3.05, 3.63) is 75.0 Å². The maximum absolute atomic E-state index is 13.4. The first-order valence-corrected chi connectivity index (χ1v) is 12.0. The molecule has 1 saturated heterocycles. The van der Waals surface area contributed by atoms with Crippen LogP contribution >= 0.6 is 11.6 Å². The number of rotatable bonds is 7. The molecule has 0 spiro atoms. The van der Waals surface area contributed by atoms with Gasteiger partial charge in [-0.05, 0) is 37.8 Å². The third-order valence-electron chi connectivity index (χ3n) is 6.21. The van der Waals surface area contributed by atoms with Gasteiger partial charge in [0.25, 0.3) is 17.2 Å². The molecule has 1 fully saturated rings. The molecular formula is C25H26ClN5O4. The average molecular weight is 496 g/mol. The highest BCUT2D eigenvalue weighted by atomic mass is 35.5. The number of nitrogens with zero attached hydrogens (tertiary/aromatic N) is 4. The van der Waals surface area contributed by atoms with Crippen LogP contribution in [0.4, 0.5) is 0 Å². The van der Waals surface area contributed by atoms with Gasteiger partial charge in [0.15, 0.2) is 5.82 Å². The van der Waals surface area contributed by atoms with E-state index < -0.39 is 0 Å². The number of carbonyl (C=O) groups excluding carboxylic acids is 1. The Hall–Kier alpha value is -3.43. The predicted molar refractivity (Wildman–Crippen MR) is 132 cm³/mol. The fourth-order valence-electron chi connectivity index (χ4n) is 4.52. The van der Waals surface area contributed by atoms with Crippen LogP contribution < -0.4 is 10.3 Å². The number of benzene rings is 1. The molecule has 10 heteroatoms. The van der Waals surface area contributed by atoms with Crippen molar-refractivity contribution in [3.8, 4) is 5.75 Å². The van der Waals surface area contributed by atoms with Crippen LogP contribution in [0.3, 0.4) is 0 Å². The van der Waals surface area contributed by atoms with Crippen molar-refractivity contribution in [2.24, 2.45) is 0 Å². The van der Waals surface area contributed by atoms with Gasteiger partial charge >= 0.3 is 0 Å². The van der Waals surface area contributed by atoms with Crippen molar-refractivity contribution in [1.29, 1.82) is 0 Å². The molecule has 3 heterocycles. The molecule has 5 rings (SSSR count). The summed E-state index contributed by atoms with van der Waals surface area (Å²) in [5.41, 5.74) is 1.33. The van der Waals surface area contributed by atoms with E-state index in [9.17, 15) is 9.59 Å². The van der Waals surface area contributed by atoms with Gasteiger partial charge in [-0.25, -0.2) is 4.98 Å². The topological polar surface area (TPSA) is 102 Å². The highest BCUT2D eigenvalue weighted by Crippen LogP contribution is 2.31. The van der Waals surface area contributed by atoms with Gasteiger partial charge in [-0.2, -0.15) is 9.50 Å². The number of hydrogen-bond acceptors (Lipinski definition) is 6. The second-order valence-electron chi connectivity index (χ2n) is 8.58. The van der Waals surface area contributed by atoms with Gasteiger partial charge in [-0.1, -0.05) is 35.9 Å². The minimum atomic E-state index is -0.297. The number of likely N-dealkylation sites (tertiary alicyclic amines) is 1. The summed E-state index contributed by atoms with van der Waals surface area (Å²) in [4.78, 5) is 36.8. The molecule has 0 radical (unpaired) electrons. The Morgan fingerprint density at radius 3 is 2.97 bits per heavy atom. The third-order valence-corrected chi connectivity index (χ3v) is 6.53. The van der Waals surface area contributed by atoms with E-state index in [0.717, 1.165) is 31.3 Å². The van der Waals surface area contributed by atoms with Gasteiger partial charge in [-0.15, -0.1) is 0 Å². The molecule has 0 saturated carbocycles. The van der Waals surface area contributed by atoms with Gasteiger partial charge in [0, 0.05) is 25.3 Å². The highest BCUT2D eigenvalue weighted by molar-refractivity contribution is 6.34. The van der Waals surface area contributed by atoms with Crippen molar-refractivity contribution in [2.45, 2.75) is 38.3 Å². The van der Waals surface area contributed by atoms with Crippen LogP contribution in [0.25, 0.3) is 11.4 Å². The van der Waals surface area contributed by atoms with Crippen molar-refractivity contribution in [2.75, 3.05) is 20.3 Å². The summed E-state index contributed by atoms with van der Waals surface area (Å²) in [6.07, 6.45) is 9.82. The van der Waals surface area contributed by atoms with Crippen LogP contribution in [-0.2, 0) is 11.3 Å². The minimum Gasteiger partial charge on any atom is -0.486 e. The van der Waals surface area contributed by atoms with E-state index in [0.29, 0.717) is 41.0 Å². The number of methoxy groups -OCH3 is 1. The van der Waals surface area contributed by atoms with Crippen LogP contribution in [0.1, 0.15) is 47.6 Å². The summed E-state index contributed by atoms with van der Waals surface area (Å²) < 4.78 is 12.6. The monoisotopic (exact) mass is 495 g/mol. The first-order chi connectivity index (χ1) is 17.0. The zero-order chi connectivity index (χ0) is 24.4. The molecule has 1 aliphatic heterocycles. The van der Waals surface area contributed by atoms with Crippen LogP contribution in [-0.4, -0.2) is 56.7 Å². The molecule has 35 heavy (non-hydrogen) atoms. The summed E-state index contributed by atoms with van der Waals surface area (Å²) in [7, 11) is 1.63. The Morgan fingerprint density at radius 1 is 1.29 bits per heavy atom. The van der Waals surface area contributed by atoms with E-state index in [1.807, 2.05) is 6.08 Å². The Balaban J connectivity index is 1.39. The molecule has 2 aliphatic rings. The second kappa shape index (κ2) is 10.1. The summed E-state index contributed by atoms with van der Waals surface area (Å²) >= 11 is 6.44. The number of hydrogen-bond donors (Lipinski definition) is 1. The van der Waals surface area contributed by atoms with Crippen LogP contribution in [0, 0.1) is 0 Å². The quantitative estimate of drug-likeness (QED) is 0.537. The summed E-state index contributed by atoms with van der Waals surface area (Å²) in [5.74, 6) is 0.988. The number of fused-ring (bicyclic) bond motifs is 1. The summed E-state index contributed by atoms with van der Waals surface area (Å²) in [6.45, 7) is 1.09. The SMILES string of the molecule is COC[C@@H]1CCCN1C(=O)c1c(Cl)cccc1OCc1cc(=O)n2[nH]c(C3=CCCC=C3)nc2n1. The van der Waals surface area contributed by atoms with Crippen LogP contribution in [0.2, 0.25) is 5.02 Å². The summed E-state index contributed by atoms with van der Waals surface area (Å²) in [6, 6.07) is 6.48. The Morgan fingerprint density at radius 2 is 2.17 bits per heavy atom. The molecule has 1 amide bonds. The predicted octanol–water partition coefficient (Wildman–Crippen LogP) is 3.63. The Bertz CT molecular complexity index is 1380. The number of amides is 1. The van der Waals surface area contributed by atoms with Gasteiger partial charge < -0.3 is 14.4 Å². The fourth-order valence-corrected chi connectivity index (χ4v) is 4.76. The van der Waals surface area contributed by atoms with E-state index in [-0.39, 0.29) is 29.9 Å². The van der Waals surface area contributed by atoms with E-state index in [1.54, 1.807) is 30.2 Å². The van der Waals surface area contributed by atoms with Crippen molar-refractivity contribution in [3.63, 3.8) is 0 Å². The number of H-pyrrole nitrogens is 1. The van der Waals surface area contributed by atoms with Gasteiger partial charge in [-0.3, -0.25) is 14.7 Å². The number of halogens is 1. The van der Waals surface area contributed by atoms with Crippen molar-refractivity contribution in [1.82, 2.24) is 24.5 Å². The van der Waals surface area contributed by atoms with Gasteiger partial charge in [0.2, 0.25) is 0 Å². The minimum absolute atomic E-state index is 0.00345. The molecular weight excluding hydrogens is 470 g/mol. The second-order valence-corrected chi connectivity index (χ2v) is 8.99. The zero-order valence-corrected chi connectivity index (χ0v) is 20.1. The lowest BCUT2D eigenvalue weighted by atomic mass is 10.1. The first kappa shape index (κ1) is 23.3. The molecule has 9 nitrogen and oxygen atoms in total. The molecule has 0 bridgehead atoms. The molecule has 1 N–H and O–H groups in total. The Labute approximate surface area is 207 Å². The number of allylic oxidation sites excluding steroid dienone is 4. The largest absolute Gasteiger partial charge is 0.486 e. The molecule has 1 atom stereocenters. The molecule has 1 aliphatic carbocycles. The first-order valence-electron chi connectivity index (χ1n) is 11.6. The lowest BCUT2D eigenvalue weighted by molar-refractivity contribution is 0.0626. The van der Waals surface area contributed by atoms with Crippen molar-refractivity contribution < 1.29 is 14.3 Å². The average Bonchev–Trinajstić information content (AvgIpc) is 3.51. The van der Waals surface area contributed by atoms with Gasteiger partial charge in [0.05, 0.1) is 23.4 Å². The van der Waals surface area contributed by atoms with Crippen LogP contribution in [0.15, 0.2) is 47.3 Å². The maximum atomic E-state index is 13.4. The fraction of sp³-hybridized carbons (Fsp3) is 0.360. The van der Waals surface area contributed by atoms with E-state index in [2.05, 4.69) is 27.2 Å². The van der Waals surface area contributed by atoms with Gasteiger partial charge in [0.1, 0.15) is 17.9 Å². The molecule has 2 aromatic heterocycles. The maximum Gasteiger partial charge on any atom is 0.274 e. The number of aromatic nitrogens is 4. The standard InChI is InChI=1S/C25H26ClN5O4/c1-34-15-18-9-6-12-30(18)24(33)22-19(26)10-5-11-20(22)35-14-17-13-21(32)31-25(27-17)28-23(29-31)16-7-3-2-4-8-16/h3,5,7-8,10-11,13,18H,2,4,6,9,12,14-15H2,1H3,(H,27,28,29)/t18-/m0/s1. The van der Waals surface area contributed by atoms with E-state index in [4.69, 9.17) is 21.1 Å². The zero-order valence-electron chi connectivity index (χ0n) is 19.4. The molecule has 0 unspecified atom stereocenters. The van der Waals surface area contributed by atoms with Crippen molar-refractivity contribution >= 4 is 28.9 Å². The van der Waals surface area contributed by atoms with E-state index in [1.165, 1.54) is 10.6 Å². The third kappa shape index (κ3) is 4.74. The molecule has 182 valence electrons. The highest BCUT2D eigenvalue weighted by Gasteiger charge is 2.32. The molecule has 3 aromatic rings. The number of aromatic amines is 1. The molecule has 1 aromatic carbocycles. The normalized spacial score (nSPS) is 17.7. The smallest absolute Gasteiger partial charge is 0.274 e. The lowest BCUT2D eigenvalue weighted by Crippen LogP contribution is -2.38. The Kier molecular flexibility index (Phi) is 6.70.